The second-order valence-corrected chi connectivity index (χ2v) is 13.0. The highest BCUT2D eigenvalue weighted by atomic mass is 16.4. The molecule has 5 heteroatoms. The topological polar surface area (TPSA) is 65.3 Å². The number of hydrogen-bond acceptors (Lipinski definition) is 4. The third-order valence-electron chi connectivity index (χ3n) is 9.11. The van der Waals surface area contributed by atoms with Gasteiger partial charge in [0.25, 0.3) is 0 Å². The molecule has 224 valence electrons. The summed E-state index contributed by atoms with van der Waals surface area (Å²) in [4.78, 5) is 26.3. The fraction of sp³-hybridized carbons (Fsp3) is 0.122. The van der Waals surface area contributed by atoms with Crippen LogP contribution in [-0.2, 0) is 12.5 Å². The van der Waals surface area contributed by atoms with Crippen LogP contribution in [0.5, 0.6) is 0 Å². The molecule has 8 aromatic rings. The molecule has 0 aliphatic heterocycles. The molecule has 0 unspecified atom stereocenters. The number of fused-ring (bicyclic) bond motifs is 6. The molecule has 0 saturated heterocycles. The van der Waals surface area contributed by atoms with E-state index in [9.17, 15) is 9.59 Å². The quantitative estimate of drug-likeness (QED) is 0.149. The maximum Gasteiger partial charge on any atom is 0.345 e. The molecule has 0 aliphatic rings. The van der Waals surface area contributed by atoms with Gasteiger partial charge in [-0.2, -0.15) is 0 Å². The Morgan fingerprint density at radius 3 is 2.04 bits per heavy atom. The summed E-state index contributed by atoms with van der Waals surface area (Å²) >= 11 is 0. The zero-order valence-corrected chi connectivity index (χ0v) is 26.0. The first-order valence-corrected chi connectivity index (χ1v) is 15.4. The fourth-order valence-corrected chi connectivity index (χ4v) is 6.52. The molecular formula is C41H31NO4. The lowest BCUT2D eigenvalue weighted by atomic mass is 9.85. The van der Waals surface area contributed by atoms with E-state index in [0.717, 1.165) is 54.8 Å². The fourth-order valence-electron chi connectivity index (χ4n) is 6.52. The summed E-state index contributed by atoms with van der Waals surface area (Å²) in [6.45, 7) is 6.61. The maximum absolute atomic E-state index is 13.2. The largest absolute Gasteiger partial charge is 0.422 e. The van der Waals surface area contributed by atoms with E-state index in [4.69, 9.17) is 8.83 Å². The minimum absolute atomic E-state index is 0.0375. The van der Waals surface area contributed by atoms with E-state index in [1.165, 1.54) is 5.56 Å². The van der Waals surface area contributed by atoms with E-state index in [0.29, 0.717) is 22.3 Å². The van der Waals surface area contributed by atoms with Gasteiger partial charge in [0.05, 0.1) is 16.8 Å². The molecule has 0 bridgehead atoms. The van der Waals surface area contributed by atoms with Gasteiger partial charge in [0.2, 0.25) is 0 Å². The Hall–Kier alpha value is -5.68. The van der Waals surface area contributed by atoms with E-state index >= 15 is 0 Å². The molecule has 0 saturated carbocycles. The summed E-state index contributed by atoms with van der Waals surface area (Å²) in [5.74, 6) is 0. The number of nitrogens with zero attached hydrogens (tertiary/aromatic N) is 1. The molecule has 0 aliphatic carbocycles. The highest BCUT2D eigenvalue weighted by Crippen LogP contribution is 2.34. The van der Waals surface area contributed by atoms with E-state index in [2.05, 4.69) is 39.0 Å². The average molecular weight is 602 g/mol. The number of hydrogen-bond donors (Lipinski definition) is 0. The van der Waals surface area contributed by atoms with Gasteiger partial charge in [-0.05, 0) is 68.6 Å². The van der Waals surface area contributed by atoms with Crippen molar-refractivity contribution < 1.29 is 8.83 Å². The molecule has 3 aromatic heterocycles. The summed E-state index contributed by atoms with van der Waals surface area (Å²) in [5, 5.41) is 5.89. The summed E-state index contributed by atoms with van der Waals surface area (Å²) < 4.78 is 13.7. The number of rotatable bonds is 3. The summed E-state index contributed by atoms with van der Waals surface area (Å²) in [6, 6.07) is 38.0. The highest BCUT2D eigenvalue weighted by Gasteiger charge is 2.18. The van der Waals surface area contributed by atoms with Gasteiger partial charge in [-0.1, -0.05) is 106 Å². The molecule has 5 aromatic carbocycles. The van der Waals surface area contributed by atoms with Crippen molar-refractivity contribution in [3.63, 3.8) is 0 Å². The van der Waals surface area contributed by atoms with Crippen molar-refractivity contribution in [3.05, 3.63) is 142 Å². The van der Waals surface area contributed by atoms with E-state index in [1.54, 1.807) is 0 Å². The minimum Gasteiger partial charge on any atom is -0.422 e. The summed E-state index contributed by atoms with van der Waals surface area (Å²) in [6.07, 6.45) is 0. The van der Waals surface area contributed by atoms with Crippen molar-refractivity contribution in [2.45, 2.75) is 26.2 Å². The Morgan fingerprint density at radius 2 is 1.24 bits per heavy atom. The molecule has 5 nitrogen and oxygen atoms in total. The van der Waals surface area contributed by atoms with Crippen LogP contribution >= 0.6 is 0 Å². The highest BCUT2D eigenvalue weighted by molar-refractivity contribution is 6.07. The molecule has 0 N–H and O–H groups in total. The van der Waals surface area contributed by atoms with Crippen LogP contribution in [-0.4, -0.2) is 4.57 Å². The van der Waals surface area contributed by atoms with Gasteiger partial charge in [0.15, 0.2) is 0 Å². The van der Waals surface area contributed by atoms with E-state index in [1.807, 2.05) is 109 Å². The van der Waals surface area contributed by atoms with Crippen molar-refractivity contribution in [1.29, 1.82) is 0 Å². The third kappa shape index (κ3) is 4.47. The zero-order valence-electron chi connectivity index (χ0n) is 26.0. The first kappa shape index (κ1) is 27.8. The molecule has 0 fully saturated rings. The smallest absolute Gasteiger partial charge is 0.345 e. The molecule has 0 amide bonds. The van der Waals surface area contributed by atoms with Crippen LogP contribution in [0, 0.1) is 0 Å². The maximum atomic E-state index is 13.2. The van der Waals surface area contributed by atoms with Gasteiger partial charge in [0, 0.05) is 28.9 Å². The lowest BCUT2D eigenvalue weighted by Gasteiger charge is -2.19. The van der Waals surface area contributed by atoms with Crippen molar-refractivity contribution >= 4 is 43.5 Å². The standard InChI is InChI=1S/C41H31NO4/c1-41(2,3)29-16-17-30-27(21-29)15-20-37-33(30)23-32(39(43)45-37)25-9-12-26(13-10-25)35-18-19-36(42(35)4)34-22-28-14-11-24-7-5-6-8-31(24)38(28)46-40(34)44/h5-23H,1-4H3. The predicted molar refractivity (Wildman–Crippen MR) is 188 cm³/mol. The van der Waals surface area contributed by atoms with Crippen LogP contribution in [0.3, 0.4) is 0 Å². The minimum atomic E-state index is -0.378. The van der Waals surface area contributed by atoms with Crippen molar-refractivity contribution in [3.8, 4) is 33.6 Å². The van der Waals surface area contributed by atoms with Crippen molar-refractivity contribution in [2.75, 3.05) is 0 Å². The summed E-state index contributed by atoms with van der Waals surface area (Å²) in [5.41, 5.74) is 6.16. The van der Waals surface area contributed by atoms with Gasteiger partial charge in [0.1, 0.15) is 11.2 Å². The van der Waals surface area contributed by atoms with Gasteiger partial charge < -0.3 is 13.4 Å². The number of benzene rings is 5. The average Bonchev–Trinajstić information content (AvgIpc) is 3.44. The van der Waals surface area contributed by atoms with Crippen LogP contribution in [0.2, 0.25) is 0 Å². The predicted octanol–water partition coefficient (Wildman–Crippen LogP) is 9.84. The van der Waals surface area contributed by atoms with Crippen molar-refractivity contribution in [2.24, 2.45) is 7.05 Å². The van der Waals surface area contributed by atoms with E-state index in [-0.39, 0.29) is 16.7 Å². The molecule has 46 heavy (non-hydrogen) atoms. The molecular weight excluding hydrogens is 570 g/mol. The SMILES string of the molecule is Cn1c(-c2ccc(-c3cc4c(ccc5cc(C(C)(C)C)ccc54)oc3=O)cc2)ccc1-c1cc2ccc3ccccc3c2oc1=O. The lowest BCUT2D eigenvalue weighted by Crippen LogP contribution is -2.10. The van der Waals surface area contributed by atoms with E-state index < -0.39 is 0 Å². The Morgan fingerprint density at radius 1 is 0.543 bits per heavy atom. The first-order valence-electron chi connectivity index (χ1n) is 15.4. The first-order chi connectivity index (χ1) is 22.2. The Bertz CT molecular complexity index is 2610. The second kappa shape index (κ2) is 10.2. The van der Waals surface area contributed by atoms with Crippen LogP contribution in [0.1, 0.15) is 26.3 Å². The molecule has 0 spiro atoms. The second-order valence-electron chi connectivity index (χ2n) is 13.0. The molecule has 8 rings (SSSR count). The number of aromatic nitrogens is 1. The third-order valence-corrected chi connectivity index (χ3v) is 9.11. The monoisotopic (exact) mass is 601 g/mol. The van der Waals surface area contributed by atoms with Crippen molar-refractivity contribution in [1.82, 2.24) is 4.57 Å². The Balaban J connectivity index is 1.16. The van der Waals surface area contributed by atoms with Crippen LogP contribution in [0.4, 0.5) is 0 Å². The molecule has 0 radical (unpaired) electrons. The molecule has 3 heterocycles. The van der Waals surface area contributed by atoms with Gasteiger partial charge in [-0.25, -0.2) is 9.59 Å². The van der Waals surface area contributed by atoms with Crippen LogP contribution < -0.4 is 11.3 Å². The molecule has 0 atom stereocenters. The van der Waals surface area contributed by atoms with Gasteiger partial charge in [-0.15, -0.1) is 0 Å². The Kier molecular flexibility index (Phi) is 6.16. The van der Waals surface area contributed by atoms with Gasteiger partial charge in [-0.3, -0.25) is 0 Å². The Labute approximate surface area is 265 Å². The normalized spacial score (nSPS) is 12.1. The van der Waals surface area contributed by atoms with Gasteiger partial charge >= 0.3 is 11.3 Å². The van der Waals surface area contributed by atoms with Crippen LogP contribution in [0.15, 0.2) is 134 Å². The van der Waals surface area contributed by atoms with Crippen LogP contribution in [0.25, 0.3) is 77.1 Å². The summed E-state index contributed by atoms with van der Waals surface area (Å²) in [7, 11) is 1.94. The zero-order chi connectivity index (χ0) is 31.7. The lowest BCUT2D eigenvalue weighted by molar-refractivity contribution is 0.564.